The van der Waals surface area contributed by atoms with Crippen LogP contribution < -0.4 is 15.7 Å². The Morgan fingerprint density at radius 1 is 1.15 bits per heavy atom. The number of rotatable bonds is 13. The minimum absolute atomic E-state index is 0.0643. The molecule has 212 valence electrons. The van der Waals surface area contributed by atoms with Gasteiger partial charge in [0.2, 0.25) is 0 Å². The van der Waals surface area contributed by atoms with Gasteiger partial charge in [-0.3, -0.25) is 10.1 Å². The van der Waals surface area contributed by atoms with Gasteiger partial charge in [-0.15, -0.1) is 0 Å². The van der Waals surface area contributed by atoms with E-state index in [-0.39, 0.29) is 23.1 Å². The molecule has 8 nitrogen and oxygen atoms in total. The molecule has 3 unspecified atom stereocenters. The largest absolute Gasteiger partial charge is 0.507 e. The van der Waals surface area contributed by atoms with Crippen molar-refractivity contribution in [3.8, 4) is 11.5 Å². The van der Waals surface area contributed by atoms with Gasteiger partial charge in [0.1, 0.15) is 22.8 Å². The number of hydrogen-bond acceptors (Lipinski definition) is 7. The molecule has 1 saturated carbocycles. The molecule has 1 aromatic heterocycles. The summed E-state index contributed by atoms with van der Waals surface area (Å²) in [6.07, 6.45) is 9.60. The second-order valence-electron chi connectivity index (χ2n) is 10.7. The van der Waals surface area contributed by atoms with Crippen molar-refractivity contribution in [2.75, 3.05) is 13.7 Å². The zero-order valence-corrected chi connectivity index (χ0v) is 23.4. The standard InChI is InChI=1S/C31H41NO7/c1-20(9-7-8-16-32-31(36)37-4)27-18-26(33)28(30(35)39-27)29(34)22(3)21(2)17-23-12-14-25(15-13-23)38-19-24-10-5-6-11-24/h8,12-16,18,20-22,24,33H,5-7,9-11,17,19H2,1-4H3,(H,32,36)/b16-8+. The topological polar surface area (TPSA) is 115 Å². The van der Waals surface area contributed by atoms with E-state index in [0.717, 1.165) is 17.9 Å². The molecule has 0 saturated heterocycles. The van der Waals surface area contributed by atoms with Gasteiger partial charge in [-0.2, -0.15) is 0 Å². The van der Waals surface area contributed by atoms with Crippen molar-refractivity contribution in [3.05, 3.63) is 69.9 Å². The van der Waals surface area contributed by atoms with Crippen LogP contribution in [-0.4, -0.2) is 30.7 Å². The number of Topliss-reactive ketones (excluding diaryl/α,β-unsaturated/α-hetero) is 1. The van der Waals surface area contributed by atoms with E-state index in [1.165, 1.54) is 45.1 Å². The molecule has 2 aromatic rings. The highest BCUT2D eigenvalue weighted by molar-refractivity contribution is 5.99. The SMILES string of the molecule is COC(=O)N/C=C/CCC(C)c1cc(O)c(C(=O)C(C)C(C)Cc2ccc(OCC3CCCC3)cc2)c(=O)o1. The van der Waals surface area contributed by atoms with Crippen LogP contribution in [0.4, 0.5) is 4.79 Å². The number of allylic oxidation sites excluding steroid dienone is 1. The summed E-state index contributed by atoms with van der Waals surface area (Å²) >= 11 is 0. The Morgan fingerprint density at radius 2 is 1.85 bits per heavy atom. The smallest absolute Gasteiger partial charge is 0.410 e. The molecule has 1 aliphatic carbocycles. The van der Waals surface area contributed by atoms with Gasteiger partial charge in [0, 0.05) is 24.1 Å². The van der Waals surface area contributed by atoms with E-state index in [2.05, 4.69) is 10.1 Å². The number of carbonyl (C=O) groups is 2. The predicted molar refractivity (Wildman–Crippen MR) is 149 cm³/mol. The van der Waals surface area contributed by atoms with Crippen LogP contribution in [0.3, 0.4) is 0 Å². The highest BCUT2D eigenvalue weighted by atomic mass is 16.5. The molecule has 3 rings (SSSR count). The lowest BCUT2D eigenvalue weighted by atomic mass is 9.84. The van der Waals surface area contributed by atoms with Crippen molar-refractivity contribution in [2.45, 2.75) is 71.6 Å². The third-order valence-electron chi connectivity index (χ3n) is 7.66. The predicted octanol–water partition coefficient (Wildman–Crippen LogP) is 6.37. The second-order valence-corrected chi connectivity index (χ2v) is 10.7. The van der Waals surface area contributed by atoms with Crippen LogP contribution in [0.1, 0.15) is 86.9 Å². The maximum Gasteiger partial charge on any atom is 0.410 e. The number of carbonyl (C=O) groups excluding carboxylic acids is 2. The fraction of sp³-hybridized carbons (Fsp3) is 0.516. The van der Waals surface area contributed by atoms with Crippen molar-refractivity contribution in [1.82, 2.24) is 5.32 Å². The molecule has 1 heterocycles. The first-order valence-corrected chi connectivity index (χ1v) is 13.8. The van der Waals surface area contributed by atoms with E-state index in [1.54, 1.807) is 13.0 Å². The molecule has 1 amide bonds. The Labute approximate surface area is 230 Å². The minimum atomic E-state index is -0.826. The number of nitrogens with one attached hydrogen (secondary N) is 1. The van der Waals surface area contributed by atoms with Gasteiger partial charge in [0.05, 0.1) is 13.7 Å². The number of benzene rings is 1. The van der Waals surface area contributed by atoms with Crippen LogP contribution in [0.15, 0.2) is 51.8 Å². The number of amides is 1. The number of ether oxygens (including phenoxy) is 2. The van der Waals surface area contributed by atoms with Crippen LogP contribution in [0.2, 0.25) is 0 Å². The van der Waals surface area contributed by atoms with Gasteiger partial charge in [-0.25, -0.2) is 9.59 Å². The first-order valence-electron chi connectivity index (χ1n) is 13.8. The molecule has 1 fully saturated rings. The Morgan fingerprint density at radius 3 is 2.49 bits per heavy atom. The highest BCUT2D eigenvalue weighted by Crippen LogP contribution is 2.29. The van der Waals surface area contributed by atoms with E-state index in [4.69, 9.17) is 9.15 Å². The number of ketones is 1. The van der Waals surface area contributed by atoms with Gasteiger partial charge in [0.25, 0.3) is 0 Å². The van der Waals surface area contributed by atoms with Gasteiger partial charge in [-0.05, 0) is 61.6 Å². The molecule has 1 aromatic carbocycles. The van der Waals surface area contributed by atoms with Crippen LogP contribution >= 0.6 is 0 Å². The fourth-order valence-electron chi connectivity index (χ4n) is 4.87. The number of methoxy groups -OCH3 is 1. The zero-order valence-electron chi connectivity index (χ0n) is 23.4. The lowest BCUT2D eigenvalue weighted by Crippen LogP contribution is -2.26. The summed E-state index contributed by atoms with van der Waals surface area (Å²) in [5.74, 6) is 0.287. The maximum absolute atomic E-state index is 13.2. The third-order valence-corrected chi connectivity index (χ3v) is 7.66. The average Bonchev–Trinajstić information content (AvgIpc) is 3.45. The Bertz CT molecular complexity index is 1180. The summed E-state index contributed by atoms with van der Waals surface area (Å²) in [7, 11) is 1.28. The lowest BCUT2D eigenvalue weighted by molar-refractivity contribution is 0.0885. The van der Waals surface area contributed by atoms with E-state index in [9.17, 15) is 19.5 Å². The molecule has 0 spiro atoms. The Kier molecular flexibility index (Phi) is 11.2. The number of aromatic hydroxyl groups is 1. The van der Waals surface area contributed by atoms with Gasteiger partial charge in [-0.1, -0.05) is 51.8 Å². The minimum Gasteiger partial charge on any atom is -0.507 e. The Hall–Kier alpha value is -3.55. The molecule has 0 radical (unpaired) electrons. The van der Waals surface area contributed by atoms with Crippen molar-refractivity contribution in [1.29, 1.82) is 0 Å². The van der Waals surface area contributed by atoms with Gasteiger partial charge < -0.3 is 19.0 Å². The van der Waals surface area contributed by atoms with Crippen LogP contribution in [0.25, 0.3) is 0 Å². The summed E-state index contributed by atoms with van der Waals surface area (Å²) < 4.78 is 15.9. The summed E-state index contributed by atoms with van der Waals surface area (Å²) in [6, 6.07) is 9.32. The van der Waals surface area contributed by atoms with E-state index in [1.807, 2.05) is 38.1 Å². The van der Waals surface area contributed by atoms with Gasteiger partial charge in [0.15, 0.2) is 5.78 Å². The molecule has 0 aliphatic heterocycles. The van der Waals surface area contributed by atoms with E-state index in [0.29, 0.717) is 30.9 Å². The Balaban J connectivity index is 1.56. The summed E-state index contributed by atoms with van der Waals surface area (Å²) in [5.41, 5.74) is -0.0534. The lowest BCUT2D eigenvalue weighted by Gasteiger charge is -2.19. The quantitative estimate of drug-likeness (QED) is 0.284. The number of alkyl carbamates (subject to hydrolysis) is 1. The molecular weight excluding hydrogens is 498 g/mol. The number of hydrogen-bond donors (Lipinski definition) is 2. The van der Waals surface area contributed by atoms with Gasteiger partial charge >= 0.3 is 11.7 Å². The monoisotopic (exact) mass is 539 g/mol. The summed E-state index contributed by atoms with van der Waals surface area (Å²) in [4.78, 5) is 37.0. The van der Waals surface area contributed by atoms with Crippen molar-refractivity contribution >= 4 is 11.9 Å². The maximum atomic E-state index is 13.2. The summed E-state index contributed by atoms with van der Waals surface area (Å²) in [6.45, 7) is 6.36. The molecule has 1 aliphatic rings. The molecule has 2 N–H and O–H groups in total. The van der Waals surface area contributed by atoms with Crippen molar-refractivity contribution < 1.29 is 28.6 Å². The molecular formula is C31H41NO7. The molecule has 3 atom stereocenters. The third kappa shape index (κ3) is 8.73. The molecule has 39 heavy (non-hydrogen) atoms. The van der Waals surface area contributed by atoms with E-state index < -0.39 is 23.4 Å². The highest BCUT2D eigenvalue weighted by Gasteiger charge is 2.28. The van der Waals surface area contributed by atoms with Crippen LogP contribution in [0.5, 0.6) is 11.5 Å². The first kappa shape index (κ1) is 30.0. The zero-order chi connectivity index (χ0) is 28.4. The normalized spacial score (nSPS) is 16.1. The van der Waals surface area contributed by atoms with Crippen LogP contribution in [-0.2, 0) is 11.2 Å². The molecule has 8 heteroatoms. The molecule has 0 bridgehead atoms. The first-order chi connectivity index (χ1) is 18.7. The van der Waals surface area contributed by atoms with Crippen molar-refractivity contribution in [2.24, 2.45) is 17.8 Å². The van der Waals surface area contributed by atoms with Crippen molar-refractivity contribution in [3.63, 3.8) is 0 Å². The fourth-order valence-corrected chi connectivity index (χ4v) is 4.87. The van der Waals surface area contributed by atoms with E-state index >= 15 is 0 Å². The summed E-state index contributed by atoms with van der Waals surface area (Å²) in [5, 5.41) is 13.0. The average molecular weight is 540 g/mol. The second kappa shape index (κ2) is 14.6. The van der Waals surface area contributed by atoms with Crippen LogP contribution in [0, 0.1) is 17.8 Å².